The lowest BCUT2D eigenvalue weighted by Crippen LogP contribution is -2.35. The first kappa shape index (κ1) is 15.2. The average molecular weight is 315 g/mol. The summed E-state index contributed by atoms with van der Waals surface area (Å²) in [4.78, 5) is 18.9. The average Bonchev–Trinajstić information content (AvgIpc) is 2.81. The molecule has 0 unspecified atom stereocenters. The van der Waals surface area contributed by atoms with Crippen LogP contribution < -0.4 is 5.32 Å². The zero-order valence-corrected chi connectivity index (χ0v) is 13.7. The number of thiazole rings is 1. The smallest absolute Gasteiger partial charge is 0.228 e. The van der Waals surface area contributed by atoms with Crippen molar-refractivity contribution in [3.63, 3.8) is 0 Å². The number of rotatable bonds is 3. The molecular formula is C17H21N3OS. The number of hydrogen-bond acceptors (Lipinski definition) is 4. The van der Waals surface area contributed by atoms with E-state index in [-0.39, 0.29) is 5.91 Å². The van der Waals surface area contributed by atoms with E-state index in [0.29, 0.717) is 6.42 Å². The first-order valence-electron chi connectivity index (χ1n) is 7.72. The lowest BCUT2D eigenvalue weighted by Gasteiger charge is -2.19. The maximum Gasteiger partial charge on any atom is 0.228 e. The summed E-state index contributed by atoms with van der Waals surface area (Å²) in [5, 5.41) is 6.31. The van der Waals surface area contributed by atoms with Gasteiger partial charge in [-0.1, -0.05) is 29.8 Å². The first-order valence-corrected chi connectivity index (χ1v) is 8.60. The van der Waals surface area contributed by atoms with E-state index in [4.69, 9.17) is 0 Å². The van der Waals surface area contributed by atoms with Crippen molar-refractivity contribution in [3.8, 4) is 10.6 Å². The van der Waals surface area contributed by atoms with E-state index in [1.54, 1.807) is 11.3 Å². The van der Waals surface area contributed by atoms with Crippen molar-refractivity contribution in [1.29, 1.82) is 0 Å². The minimum atomic E-state index is 0.185. The van der Waals surface area contributed by atoms with Crippen LogP contribution in [0.4, 0.5) is 0 Å². The maximum atomic E-state index is 12.4. The van der Waals surface area contributed by atoms with Crippen LogP contribution in [0.1, 0.15) is 17.7 Å². The number of carbonyl (C=O) groups excluding carboxylic acids is 1. The van der Waals surface area contributed by atoms with Crippen LogP contribution in [-0.2, 0) is 11.2 Å². The molecule has 0 bridgehead atoms. The van der Waals surface area contributed by atoms with Gasteiger partial charge in [-0.2, -0.15) is 0 Å². The zero-order chi connectivity index (χ0) is 15.4. The predicted molar refractivity (Wildman–Crippen MR) is 90.1 cm³/mol. The summed E-state index contributed by atoms with van der Waals surface area (Å²) in [5.74, 6) is 0.185. The Morgan fingerprint density at radius 2 is 2.09 bits per heavy atom. The molecule has 5 heteroatoms. The molecule has 1 saturated heterocycles. The second-order valence-electron chi connectivity index (χ2n) is 5.67. The van der Waals surface area contributed by atoms with Crippen molar-refractivity contribution >= 4 is 17.2 Å². The number of amides is 1. The van der Waals surface area contributed by atoms with Gasteiger partial charge >= 0.3 is 0 Å². The Kier molecular flexibility index (Phi) is 4.85. The SMILES string of the molecule is Cc1ccc(-c2nc(CC(=O)N3CCCNCC3)cs2)cc1. The Morgan fingerprint density at radius 1 is 1.27 bits per heavy atom. The number of aryl methyl sites for hydroxylation is 1. The van der Waals surface area contributed by atoms with Gasteiger partial charge in [0.2, 0.25) is 5.91 Å². The van der Waals surface area contributed by atoms with E-state index in [2.05, 4.69) is 41.5 Å². The van der Waals surface area contributed by atoms with Crippen molar-refractivity contribution in [2.45, 2.75) is 19.8 Å². The Balaban J connectivity index is 1.66. The maximum absolute atomic E-state index is 12.4. The summed E-state index contributed by atoms with van der Waals surface area (Å²) in [7, 11) is 0. The molecule has 0 aliphatic carbocycles. The van der Waals surface area contributed by atoms with Gasteiger partial charge in [0.15, 0.2) is 0 Å². The molecule has 116 valence electrons. The van der Waals surface area contributed by atoms with Crippen LogP contribution in [0.25, 0.3) is 10.6 Å². The van der Waals surface area contributed by atoms with E-state index in [1.807, 2.05) is 10.3 Å². The molecule has 0 spiro atoms. The quantitative estimate of drug-likeness (QED) is 0.946. The minimum absolute atomic E-state index is 0.185. The number of aromatic nitrogens is 1. The third kappa shape index (κ3) is 3.72. The van der Waals surface area contributed by atoms with Gasteiger partial charge in [-0.05, 0) is 19.9 Å². The number of nitrogens with zero attached hydrogens (tertiary/aromatic N) is 2. The number of nitrogens with one attached hydrogen (secondary N) is 1. The van der Waals surface area contributed by atoms with Crippen LogP contribution in [0.3, 0.4) is 0 Å². The molecule has 1 N–H and O–H groups in total. The van der Waals surface area contributed by atoms with Gasteiger partial charge in [0.25, 0.3) is 0 Å². The zero-order valence-electron chi connectivity index (χ0n) is 12.8. The number of benzene rings is 1. The fourth-order valence-corrected chi connectivity index (χ4v) is 3.40. The standard InChI is InChI=1S/C17H21N3OS/c1-13-3-5-14(6-4-13)17-19-15(12-22-17)11-16(21)20-9-2-7-18-8-10-20/h3-6,12,18H,2,7-11H2,1H3. The van der Waals surface area contributed by atoms with Gasteiger partial charge in [-0.15, -0.1) is 11.3 Å². The van der Waals surface area contributed by atoms with Gasteiger partial charge in [0.05, 0.1) is 12.1 Å². The normalized spacial score (nSPS) is 15.6. The molecule has 1 fully saturated rings. The summed E-state index contributed by atoms with van der Waals surface area (Å²) in [5.41, 5.74) is 3.24. The third-order valence-electron chi connectivity index (χ3n) is 3.88. The van der Waals surface area contributed by atoms with Crippen molar-refractivity contribution in [1.82, 2.24) is 15.2 Å². The summed E-state index contributed by atoms with van der Waals surface area (Å²) in [6.45, 7) is 5.61. The molecule has 2 heterocycles. The van der Waals surface area contributed by atoms with Crippen LogP contribution in [-0.4, -0.2) is 42.0 Å². The molecule has 1 aromatic carbocycles. The fraction of sp³-hybridized carbons (Fsp3) is 0.412. The molecule has 1 aliphatic rings. The highest BCUT2D eigenvalue weighted by Crippen LogP contribution is 2.24. The molecule has 0 saturated carbocycles. The molecule has 22 heavy (non-hydrogen) atoms. The molecule has 1 amide bonds. The summed E-state index contributed by atoms with van der Waals surface area (Å²) in [6, 6.07) is 8.35. The Labute approximate surface area is 135 Å². The van der Waals surface area contributed by atoms with E-state index < -0.39 is 0 Å². The van der Waals surface area contributed by atoms with Crippen LogP contribution >= 0.6 is 11.3 Å². The van der Waals surface area contributed by atoms with E-state index in [9.17, 15) is 4.79 Å². The lowest BCUT2D eigenvalue weighted by molar-refractivity contribution is -0.130. The largest absolute Gasteiger partial charge is 0.341 e. The fourth-order valence-electron chi connectivity index (χ4n) is 2.58. The van der Waals surface area contributed by atoms with E-state index >= 15 is 0 Å². The van der Waals surface area contributed by atoms with Gasteiger partial charge in [-0.25, -0.2) is 4.98 Å². The van der Waals surface area contributed by atoms with Gasteiger partial charge in [0.1, 0.15) is 5.01 Å². The molecular weight excluding hydrogens is 294 g/mol. The second-order valence-corrected chi connectivity index (χ2v) is 6.53. The molecule has 1 aliphatic heterocycles. The van der Waals surface area contributed by atoms with E-state index in [0.717, 1.165) is 48.9 Å². The molecule has 2 aromatic rings. The van der Waals surface area contributed by atoms with Crippen molar-refractivity contribution < 1.29 is 4.79 Å². The predicted octanol–water partition coefficient (Wildman–Crippen LogP) is 2.48. The highest BCUT2D eigenvalue weighted by molar-refractivity contribution is 7.13. The van der Waals surface area contributed by atoms with Crippen LogP contribution in [0.15, 0.2) is 29.6 Å². The van der Waals surface area contributed by atoms with Crippen molar-refractivity contribution in [3.05, 3.63) is 40.9 Å². The van der Waals surface area contributed by atoms with Crippen LogP contribution in [0, 0.1) is 6.92 Å². The summed E-state index contributed by atoms with van der Waals surface area (Å²) >= 11 is 1.61. The van der Waals surface area contributed by atoms with Gasteiger partial charge in [0, 0.05) is 30.6 Å². The highest BCUT2D eigenvalue weighted by Gasteiger charge is 2.17. The van der Waals surface area contributed by atoms with Crippen molar-refractivity contribution in [2.24, 2.45) is 0 Å². The Morgan fingerprint density at radius 3 is 2.91 bits per heavy atom. The molecule has 0 radical (unpaired) electrons. The second kappa shape index (κ2) is 7.03. The lowest BCUT2D eigenvalue weighted by atomic mass is 10.2. The van der Waals surface area contributed by atoms with Crippen LogP contribution in [0.5, 0.6) is 0 Å². The third-order valence-corrected chi connectivity index (χ3v) is 4.82. The summed E-state index contributed by atoms with van der Waals surface area (Å²) in [6.07, 6.45) is 1.43. The molecule has 3 rings (SSSR count). The molecule has 4 nitrogen and oxygen atoms in total. The van der Waals surface area contributed by atoms with Gasteiger partial charge in [-0.3, -0.25) is 4.79 Å². The number of hydrogen-bond donors (Lipinski definition) is 1. The summed E-state index contributed by atoms with van der Waals surface area (Å²) < 4.78 is 0. The highest BCUT2D eigenvalue weighted by atomic mass is 32.1. The molecule has 0 atom stereocenters. The van der Waals surface area contributed by atoms with E-state index in [1.165, 1.54) is 5.56 Å². The monoisotopic (exact) mass is 315 g/mol. The van der Waals surface area contributed by atoms with Crippen LogP contribution in [0.2, 0.25) is 0 Å². The van der Waals surface area contributed by atoms with Crippen molar-refractivity contribution in [2.75, 3.05) is 26.2 Å². The Hall–Kier alpha value is -1.72. The Bertz CT molecular complexity index is 628. The topological polar surface area (TPSA) is 45.2 Å². The first-order chi connectivity index (χ1) is 10.7. The number of carbonyl (C=O) groups is 1. The molecule has 1 aromatic heterocycles. The van der Waals surface area contributed by atoms with Gasteiger partial charge < -0.3 is 10.2 Å². The minimum Gasteiger partial charge on any atom is -0.341 e.